The van der Waals surface area contributed by atoms with Crippen molar-refractivity contribution in [3.63, 3.8) is 0 Å². The standard InChI is InChI=1S/C15H19BrN2O2/c1-14(2)12-9(7-8-20-12)15(14,17)13(19)18-11-6-4-3-5-10(11)16/h3-6,9,12H,7-8,17H2,1-2H3,(H,18,19). The van der Waals surface area contributed by atoms with Gasteiger partial charge in [0.15, 0.2) is 0 Å². The maximum Gasteiger partial charge on any atom is 0.245 e. The SMILES string of the molecule is CC1(C)C2OCCC2C1(N)C(=O)Nc1ccccc1Br. The number of carbonyl (C=O) groups excluding carboxylic acids is 1. The number of carbonyl (C=O) groups is 1. The largest absolute Gasteiger partial charge is 0.377 e. The molecule has 1 saturated carbocycles. The molecule has 1 aromatic carbocycles. The monoisotopic (exact) mass is 338 g/mol. The van der Waals surface area contributed by atoms with Gasteiger partial charge in [-0.15, -0.1) is 0 Å². The zero-order chi connectivity index (χ0) is 14.5. The summed E-state index contributed by atoms with van der Waals surface area (Å²) >= 11 is 3.44. The molecule has 3 N–H and O–H groups in total. The zero-order valence-corrected chi connectivity index (χ0v) is 13.2. The number of anilines is 1. The minimum atomic E-state index is -0.872. The van der Waals surface area contributed by atoms with Crippen molar-refractivity contribution in [2.45, 2.75) is 31.9 Å². The Labute approximate surface area is 127 Å². The van der Waals surface area contributed by atoms with Gasteiger partial charge in [-0.1, -0.05) is 26.0 Å². The molecule has 3 atom stereocenters. The van der Waals surface area contributed by atoms with Gasteiger partial charge in [-0.05, 0) is 34.5 Å². The fourth-order valence-corrected chi connectivity index (χ4v) is 4.02. The number of nitrogens with one attached hydrogen (secondary N) is 1. The van der Waals surface area contributed by atoms with Gasteiger partial charge in [0.2, 0.25) is 5.91 Å². The van der Waals surface area contributed by atoms with E-state index in [4.69, 9.17) is 10.5 Å². The second-order valence-electron chi connectivity index (χ2n) is 6.21. The number of amides is 1. The summed E-state index contributed by atoms with van der Waals surface area (Å²) < 4.78 is 6.57. The first kappa shape index (κ1) is 14.0. The second kappa shape index (κ2) is 4.55. The molecule has 1 aliphatic carbocycles. The van der Waals surface area contributed by atoms with Crippen LogP contribution in [0.5, 0.6) is 0 Å². The Morgan fingerprint density at radius 2 is 2.15 bits per heavy atom. The average molecular weight is 339 g/mol. The summed E-state index contributed by atoms with van der Waals surface area (Å²) in [5.41, 5.74) is 6.03. The van der Waals surface area contributed by atoms with Crippen molar-refractivity contribution < 1.29 is 9.53 Å². The lowest BCUT2D eigenvalue weighted by molar-refractivity contribution is -0.170. The number of halogens is 1. The van der Waals surface area contributed by atoms with Crippen LogP contribution in [0, 0.1) is 11.3 Å². The maximum atomic E-state index is 12.7. The zero-order valence-electron chi connectivity index (χ0n) is 11.7. The summed E-state index contributed by atoms with van der Waals surface area (Å²) in [5, 5.41) is 2.95. The first-order chi connectivity index (χ1) is 9.39. The van der Waals surface area contributed by atoms with Crippen LogP contribution < -0.4 is 11.1 Å². The molecular formula is C15H19BrN2O2. The molecule has 4 nitrogen and oxygen atoms in total. The number of rotatable bonds is 2. The van der Waals surface area contributed by atoms with Gasteiger partial charge in [0, 0.05) is 22.4 Å². The van der Waals surface area contributed by atoms with E-state index in [-0.39, 0.29) is 23.3 Å². The summed E-state index contributed by atoms with van der Waals surface area (Å²) in [5.74, 6) is -0.0128. The molecule has 3 unspecified atom stereocenters. The Morgan fingerprint density at radius 1 is 1.45 bits per heavy atom. The number of fused-ring (bicyclic) bond motifs is 1. The van der Waals surface area contributed by atoms with Crippen molar-refractivity contribution in [2.75, 3.05) is 11.9 Å². The predicted molar refractivity (Wildman–Crippen MR) is 81.3 cm³/mol. The Balaban J connectivity index is 1.85. The summed E-state index contributed by atoms with van der Waals surface area (Å²) in [7, 11) is 0. The Bertz CT molecular complexity index is 561. The van der Waals surface area contributed by atoms with Gasteiger partial charge >= 0.3 is 0 Å². The number of nitrogens with two attached hydrogens (primary N) is 1. The van der Waals surface area contributed by atoms with Crippen LogP contribution in [-0.2, 0) is 9.53 Å². The average Bonchev–Trinajstić information content (AvgIpc) is 2.88. The van der Waals surface area contributed by atoms with Gasteiger partial charge in [0.1, 0.15) is 5.54 Å². The van der Waals surface area contributed by atoms with Crippen LogP contribution >= 0.6 is 15.9 Å². The molecular weight excluding hydrogens is 320 g/mol. The van der Waals surface area contributed by atoms with Crippen LogP contribution in [0.3, 0.4) is 0 Å². The predicted octanol–water partition coefficient (Wildman–Crippen LogP) is 2.53. The lowest BCUT2D eigenvalue weighted by Gasteiger charge is -2.60. The van der Waals surface area contributed by atoms with Gasteiger partial charge in [-0.25, -0.2) is 0 Å². The van der Waals surface area contributed by atoms with Crippen LogP contribution in [0.25, 0.3) is 0 Å². The third kappa shape index (κ3) is 1.70. The second-order valence-corrected chi connectivity index (χ2v) is 7.07. The van der Waals surface area contributed by atoms with E-state index in [1.54, 1.807) is 0 Å². The van der Waals surface area contributed by atoms with Gasteiger partial charge in [0.05, 0.1) is 11.8 Å². The van der Waals surface area contributed by atoms with E-state index in [9.17, 15) is 4.79 Å². The molecule has 1 amide bonds. The summed E-state index contributed by atoms with van der Waals surface area (Å²) in [6.07, 6.45) is 0.950. The molecule has 5 heteroatoms. The first-order valence-electron chi connectivity index (χ1n) is 6.85. The van der Waals surface area contributed by atoms with Crippen molar-refractivity contribution in [1.82, 2.24) is 0 Å². The fourth-order valence-electron chi connectivity index (χ4n) is 3.63. The topological polar surface area (TPSA) is 64.3 Å². The van der Waals surface area contributed by atoms with Crippen LogP contribution in [0.15, 0.2) is 28.7 Å². The van der Waals surface area contributed by atoms with Gasteiger partial charge < -0.3 is 15.8 Å². The van der Waals surface area contributed by atoms with Gasteiger partial charge in [0.25, 0.3) is 0 Å². The Morgan fingerprint density at radius 3 is 2.85 bits per heavy atom. The van der Waals surface area contributed by atoms with E-state index in [0.717, 1.165) is 16.6 Å². The quantitative estimate of drug-likeness (QED) is 0.870. The van der Waals surface area contributed by atoms with E-state index < -0.39 is 5.54 Å². The van der Waals surface area contributed by atoms with Crippen LogP contribution in [-0.4, -0.2) is 24.2 Å². The molecule has 2 aliphatic rings. The lowest BCUT2D eigenvalue weighted by Crippen LogP contribution is -2.79. The van der Waals surface area contributed by atoms with Crippen molar-refractivity contribution in [3.8, 4) is 0 Å². The smallest absolute Gasteiger partial charge is 0.245 e. The molecule has 20 heavy (non-hydrogen) atoms. The van der Waals surface area contributed by atoms with E-state index in [1.807, 2.05) is 38.1 Å². The van der Waals surface area contributed by atoms with Gasteiger partial charge in [-0.2, -0.15) is 0 Å². The molecule has 1 heterocycles. The molecule has 108 valence electrons. The molecule has 1 aromatic rings. The third-order valence-electron chi connectivity index (χ3n) is 4.95. The fraction of sp³-hybridized carbons (Fsp3) is 0.533. The molecule has 3 rings (SSSR count). The summed E-state index contributed by atoms with van der Waals surface area (Å²) in [6.45, 7) is 4.72. The van der Waals surface area contributed by atoms with Gasteiger partial charge in [-0.3, -0.25) is 4.79 Å². The molecule has 1 saturated heterocycles. The molecule has 0 aromatic heterocycles. The maximum absolute atomic E-state index is 12.7. The third-order valence-corrected chi connectivity index (χ3v) is 5.64. The van der Waals surface area contributed by atoms with Crippen molar-refractivity contribution in [2.24, 2.45) is 17.1 Å². The van der Waals surface area contributed by atoms with E-state index in [0.29, 0.717) is 6.61 Å². The van der Waals surface area contributed by atoms with E-state index in [2.05, 4.69) is 21.2 Å². The normalized spacial score (nSPS) is 34.2. The number of hydrogen-bond acceptors (Lipinski definition) is 3. The number of hydrogen-bond donors (Lipinski definition) is 2. The van der Waals surface area contributed by atoms with Crippen molar-refractivity contribution >= 4 is 27.5 Å². The molecule has 2 fully saturated rings. The Kier molecular flexibility index (Phi) is 3.19. The van der Waals surface area contributed by atoms with Crippen molar-refractivity contribution in [3.05, 3.63) is 28.7 Å². The van der Waals surface area contributed by atoms with E-state index in [1.165, 1.54) is 0 Å². The number of ether oxygens (including phenoxy) is 1. The minimum absolute atomic E-state index is 0.0949. The highest BCUT2D eigenvalue weighted by Gasteiger charge is 2.71. The highest BCUT2D eigenvalue weighted by atomic mass is 79.9. The van der Waals surface area contributed by atoms with Crippen molar-refractivity contribution in [1.29, 1.82) is 0 Å². The molecule has 1 aliphatic heterocycles. The lowest BCUT2D eigenvalue weighted by atomic mass is 9.48. The molecule has 0 spiro atoms. The van der Waals surface area contributed by atoms with E-state index >= 15 is 0 Å². The molecule has 0 bridgehead atoms. The first-order valence-corrected chi connectivity index (χ1v) is 7.65. The number of benzene rings is 1. The Hall–Kier alpha value is -0.910. The van der Waals surface area contributed by atoms with Crippen LogP contribution in [0.1, 0.15) is 20.3 Å². The summed E-state index contributed by atoms with van der Waals surface area (Å²) in [6, 6.07) is 7.55. The van der Waals surface area contributed by atoms with Crippen LogP contribution in [0.2, 0.25) is 0 Å². The highest BCUT2D eigenvalue weighted by molar-refractivity contribution is 9.10. The summed E-state index contributed by atoms with van der Waals surface area (Å²) in [4.78, 5) is 12.7. The number of para-hydroxylation sites is 1. The van der Waals surface area contributed by atoms with Crippen LogP contribution in [0.4, 0.5) is 5.69 Å². The highest BCUT2D eigenvalue weighted by Crippen LogP contribution is 2.58. The molecule has 0 radical (unpaired) electrons. The minimum Gasteiger partial charge on any atom is -0.377 e.